The van der Waals surface area contributed by atoms with Crippen molar-refractivity contribution in [2.75, 3.05) is 7.11 Å². The van der Waals surface area contributed by atoms with Gasteiger partial charge in [-0.05, 0) is 18.2 Å². The Morgan fingerprint density at radius 2 is 1.89 bits per heavy atom. The number of halogens is 3. The lowest BCUT2D eigenvalue weighted by atomic mass is 10.1. The highest BCUT2D eigenvalue weighted by Crippen LogP contribution is 2.33. The molecule has 0 aliphatic heterocycles. The van der Waals surface area contributed by atoms with E-state index in [4.69, 9.17) is 4.74 Å². The van der Waals surface area contributed by atoms with Gasteiger partial charge < -0.3 is 4.74 Å². The average Bonchev–Trinajstić information content (AvgIpc) is 2.33. The summed E-state index contributed by atoms with van der Waals surface area (Å²) in [6.45, 7) is 0. The Kier molecular flexibility index (Phi) is 4.71. The normalized spacial score (nSPS) is 12.2. The topological polar surface area (TPSA) is 26.3 Å². The van der Waals surface area contributed by atoms with Crippen LogP contribution in [0.3, 0.4) is 0 Å². The molecule has 2 nitrogen and oxygen atoms in total. The lowest BCUT2D eigenvalue weighted by Gasteiger charge is -2.10. The minimum Gasteiger partial charge on any atom is -0.496 e. The molecule has 0 bridgehead atoms. The number of carbonyl (C=O) groups is 1. The Labute approximate surface area is 102 Å². The third-order valence-electron chi connectivity index (χ3n) is 2.14. The van der Waals surface area contributed by atoms with Gasteiger partial charge in [0.15, 0.2) is 0 Å². The van der Waals surface area contributed by atoms with Crippen molar-refractivity contribution in [2.45, 2.75) is 6.18 Å². The second kappa shape index (κ2) is 6.05. The molecule has 0 N–H and O–H groups in total. The van der Waals surface area contributed by atoms with Gasteiger partial charge in [0, 0.05) is 5.56 Å². The van der Waals surface area contributed by atoms with E-state index in [0.29, 0.717) is 11.8 Å². The largest absolute Gasteiger partial charge is 0.496 e. The van der Waals surface area contributed by atoms with E-state index in [1.807, 2.05) is 0 Å². The maximum absolute atomic E-state index is 12.5. The molecule has 0 saturated carbocycles. The number of benzene rings is 1. The predicted octanol–water partition coefficient (Wildman–Crippen LogP) is 3.48. The molecule has 0 atom stereocenters. The van der Waals surface area contributed by atoms with Gasteiger partial charge in [0.1, 0.15) is 12.0 Å². The molecule has 0 amide bonds. The molecule has 0 radical (unpaired) electrons. The summed E-state index contributed by atoms with van der Waals surface area (Å²) < 4.78 is 42.3. The monoisotopic (exact) mass is 256 g/mol. The van der Waals surface area contributed by atoms with E-state index < -0.39 is 11.7 Å². The van der Waals surface area contributed by atoms with Crippen LogP contribution in [0.25, 0.3) is 6.08 Å². The molecule has 1 aromatic rings. The van der Waals surface area contributed by atoms with E-state index in [1.165, 1.54) is 25.3 Å². The lowest BCUT2D eigenvalue weighted by molar-refractivity contribution is -0.137. The van der Waals surface area contributed by atoms with Crippen LogP contribution >= 0.6 is 0 Å². The maximum Gasteiger partial charge on any atom is 0.416 e. The van der Waals surface area contributed by atoms with Gasteiger partial charge in [-0.25, -0.2) is 0 Å². The number of methoxy groups -OCH3 is 1. The van der Waals surface area contributed by atoms with Gasteiger partial charge in [0.2, 0.25) is 0 Å². The second-order valence-electron chi connectivity index (χ2n) is 3.33. The molecule has 0 aliphatic rings. The Balaban J connectivity index is 3.04. The highest BCUT2D eigenvalue weighted by atomic mass is 19.4. The second-order valence-corrected chi connectivity index (χ2v) is 3.33. The minimum absolute atomic E-state index is 0.126. The lowest BCUT2D eigenvalue weighted by Crippen LogP contribution is -2.05. The minimum atomic E-state index is -4.40. The van der Waals surface area contributed by atoms with Crippen LogP contribution in [0.15, 0.2) is 36.4 Å². The van der Waals surface area contributed by atoms with Crippen LogP contribution < -0.4 is 4.74 Å². The molecule has 1 rings (SSSR count). The van der Waals surface area contributed by atoms with Gasteiger partial charge >= 0.3 is 6.18 Å². The smallest absolute Gasteiger partial charge is 0.416 e. The molecule has 0 aromatic heterocycles. The number of hydrogen-bond acceptors (Lipinski definition) is 2. The molecule has 0 spiro atoms. The summed E-state index contributed by atoms with van der Waals surface area (Å²) >= 11 is 0. The molecule has 0 heterocycles. The van der Waals surface area contributed by atoms with Crippen LogP contribution in [0, 0.1) is 0 Å². The molecule has 1 aromatic carbocycles. The highest BCUT2D eigenvalue weighted by molar-refractivity contribution is 5.67. The van der Waals surface area contributed by atoms with E-state index in [-0.39, 0.29) is 5.75 Å². The Morgan fingerprint density at radius 3 is 2.44 bits per heavy atom. The molecule has 0 fully saturated rings. The predicted molar refractivity (Wildman–Crippen MR) is 62.2 cm³/mol. The van der Waals surface area contributed by atoms with Gasteiger partial charge in [0.05, 0.1) is 12.7 Å². The fraction of sp³-hybridized carbons (Fsp3) is 0.154. The Hall–Kier alpha value is -2.04. The van der Waals surface area contributed by atoms with Crippen molar-refractivity contribution in [3.63, 3.8) is 0 Å². The van der Waals surface area contributed by atoms with Gasteiger partial charge in [-0.1, -0.05) is 24.3 Å². The molecule has 0 saturated heterocycles. The number of rotatable bonds is 4. The van der Waals surface area contributed by atoms with E-state index >= 15 is 0 Å². The van der Waals surface area contributed by atoms with Gasteiger partial charge in [-0.2, -0.15) is 13.2 Å². The fourth-order valence-corrected chi connectivity index (χ4v) is 1.29. The summed E-state index contributed by atoms with van der Waals surface area (Å²) in [5.41, 5.74) is -0.263. The zero-order valence-corrected chi connectivity index (χ0v) is 9.57. The fourth-order valence-electron chi connectivity index (χ4n) is 1.29. The van der Waals surface area contributed by atoms with Crippen molar-refractivity contribution >= 4 is 12.4 Å². The molecule has 96 valence electrons. The van der Waals surface area contributed by atoms with Crippen LogP contribution in [0.2, 0.25) is 0 Å². The van der Waals surface area contributed by atoms with Crippen molar-refractivity contribution < 1.29 is 22.7 Å². The summed E-state index contributed by atoms with van der Waals surface area (Å²) in [6.07, 6.45) is 2.05. The standard InChI is InChI=1S/C13H11F3O2/c1-18-12-9-11(13(14,15)16)7-6-10(12)5-3-2-4-8-17/h2-9H,1H3/b4-2+,5-3+. The summed E-state index contributed by atoms with van der Waals surface area (Å²) in [7, 11) is 1.30. The van der Waals surface area contributed by atoms with Crippen LogP contribution in [0.5, 0.6) is 5.75 Å². The highest BCUT2D eigenvalue weighted by Gasteiger charge is 2.31. The van der Waals surface area contributed by atoms with E-state index in [0.717, 1.165) is 12.1 Å². The zero-order chi connectivity index (χ0) is 13.6. The van der Waals surface area contributed by atoms with E-state index in [2.05, 4.69) is 0 Å². The average molecular weight is 256 g/mol. The van der Waals surface area contributed by atoms with Crippen LogP contribution in [-0.2, 0) is 11.0 Å². The summed E-state index contributed by atoms with van der Waals surface area (Å²) in [5, 5.41) is 0. The van der Waals surface area contributed by atoms with E-state index in [9.17, 15) is 18.0 Å². The van der Waals surface area contributed by atoms with Gasteiger partial charge in [-0.15, -0.1) is 0 Å². The van der Waals surface area contributed by atoms with Crippen molar-refractivity contribution in [1.29, 1.82) is 0 Å². The SMILES string of the molecule is COc1cc(C(F)(F)F)ccc1/C=C/C=C/C=O. The first kappa shape index (κ1) is 14.0. The third kappa shape index (κ3) is 3.76. The van der Waals surface area contributed by atoms with Crippen LogP contribution in [0.4, 0.5) is 13.2 Å². The molecule has 0 unspecified atom stereocenters. The van der Waals surface area contributed by atoms with Crippen molar-refractivity contribution in [3.05, 3.63) is 47.6 Å². The number of allylic oxidation sites excluding steroid dienone is 3. The van der Waals surface area contributed by atoms with Crippen molar-refractivity contribution in [2.24, 2.45) is 0 Å². The number of ether oxygens (including phenoxy) is 1. The molecule has 5 heteroatoms. The quantitative estimate of drug-likeness (QED) is 0.468. The van der Waals surface area contributed by atoms with Crippen LogP contribution in [-0.4, -0.2) is 13.4 Å². The Morgan fingerprint density at radius 1 is 1.17 bits per heavy atom. The van der Waals surface area contributed by atoms with Crippen molar-refractivity contribution in [3.8, 4) is 5.75 Å². The summed E-state index contributed by atoms with van der Waals surface area (Å²) in [6, 6.07) is 3.22. The van der Waals surface area contributed by atoms with E-state index in [1.54, 1.807) is 12.2 Å². The number of aldehydes is 1. The summed E-state index contributed by atoms with van der Waals surface area (Å²) in [5.74, 6) is 0.126. The summed E-state index contributed by atoms with van der Waals surface area (Å²) in [4.78, 5) is 10.0. The van der Waals surface area contributed by atoms with Gasteiger partial charge in [0.25, 0.3) is 0 Å². The number of carbonyl (C=O) groups excluding carboxylic acids is 1. The first-order valence-corrected chi connectivity index (χ1v) is 5.03. The first-order chi connectivity index (χ1) is 8.49. The molecular formula is C13H11F3O2. The van der Waals surface area contributed by atoms with Gasteiger partial charge in [-0.3, -0.25) is 4.79 Å². The Bertz CT molecular complexity index is 474. The maximum atomic E-state index is 12.5. The number of hydrogen-bond donors (Lipinski definition) is 0. The zero-order valence-electron chi connectivity index (χ0n) is 9.57. The molecular weight excluding hydrogens is 245 g/mol. The molecule has 18 heavy (non-hydrogen) atoms. The molecule has 0 aliphatic carbocycles. The van der Waals surface area contributed by atoms with Crippen molar-refractivity contribution in [1.82, 2.24) is 0 Å². The first-order valence-electron chi connectivity index (χ1n) is 5.03. The number of alkyl halides is 3. The third-order valence-corrected chi connectivity index (χ3v) is 2.14. The van der Waals surface area contributed by atoms with Crippen LogP contribution in [0.1, 0.15) is 11.1 Å².